The molecule has 0 spiro atoms. The number of unbranched alkanes of at least 4 members (excludes halogenated alkanes) is 9. The largest absolute Gasteiger partial charge is 1.00 e. The summed E-state index contributed by atoms with van der Waals surface area (Å²) in [5.41, 5.74) is 0. The molecule has 0 amide bonds. The van der Waals surface area contributed by atoms with Gasteiger partial charge >= 0.3 is 69.5 Å². The molecule has 0 aromatic heterocycles. The van der Waals surface area contributed by atoms with Gasteiger partial charge in [0.1, 0.15) is 0 Å². The first kappa shape index (κ1) is 33.4. The van der Waals surface area contributed by atoms with E-state index in [9.17, 15) is 0 Å². The molecule has 20 heavy (non-hydrogen) atoms. The van der Waals surface area contributed by atoms with Crippen molar-refractivity contribution >= 4 is 10.4 Å². The molecule has 8 heteroatoms. The summed E-state index contributed by atoms with van der Waals surface area (Å²) in [7, 11) is -4.67. The summed E-state index contributed by atoms with van der Waals surface area (Å²) in [5, 5.41) is 0. The maximum absolute atomic E-state index is 8.74. The first-order valence-electron chi connectivity index (χ1n) is 6.41. The van der Waals surface area contributed by atoms with Crippen LogP contribution >= 0.6 is 0 Å². The van der Waals surface area contributed by atoms with E-state index in [4.69, 9.17) is 17.5 Å². The van der Waals surface area contributed by atoms with E-state index >= 15 is 0 Å². The standard InChI is InChI=1S/C12H25.2Na.H2O4S.H2O/c1-3-5-7-9-11-12-10-8-6-4-2;;;1-5(2,3)4;/h1,3-12H2,2H3;;;(H2,1,2,3,4);1H2/q-1;2*+1;;/p-1. The molecule has 0 radical (unpaired) electrons. The van der Waals surface area contributed by atoms with Crippen LogP contribution in [-0.4, -0.2) is 23.0 Å². The van der Waals surface area contributed by atoms with Crippen molar-refractivity contribution in [2.75, 3.05) is 0 Å². The first-order chi connectivity index (χ1) is 7.91. The molecule has 0 aromatic rings. The van der Waals surface area contributed by atoms with E-state index in [1.165, 1.54) is 57.8 Å². The van der Waals surface area contributed by atoms with Gasteiger partial charge in [-0.25, -0.2) is 0 Å². The van der Waals surface area contributed by atoms with Crippen LogP contribution in [0.1, 0.15) is 71.1 Å². The summed E-state index contributed by atoms with van der Waals surface area (Å²) in [4.78, 5) is 0. The summed E-state index contributed by atoms with van der Waals surface area (Å²) < 4.78 is 31.6. The van der Waals surface area contributed by atoms with Crippen LogP contribution in [0.5, 0.6) is 0 Å². The SMILES string of the molecule is O=S(=O)(O)O.[CH2-]CCCCCCCCCCC.[Na+].[Na+].[OH-]. The topological polar surface area (TPSA) is 105 Å². The van der Waals surface area contributed by atoms with E-state index in [1.54, 1.807) is 0 Å². The van der Waals surface area contributed by atoms with Gasteiger partial charge in [0.25, 0.3) is 0 Å². The molecule has 0 unspecified atom stereocenters. The monoisotopic (exact) mass is 330 g/mol. The summed E-state index contributed by atoms with van der Waals surface area (Å²) >= 11 is 0. The molecular formula is C12H28Na2O5S. The van der Waals surface area contributed by atoms with Crippen molar-refractivity contribution in [1.82, 2.24) is 0 Å². The maximum atomic E-state index is 8.74. The summed E-state index contributed by atoms with van der Waals surface area (Å²) in [6.07, 6.45) is 13.9. The second kappa shape index (κ2) is 25.8. The van der Waals surface area contributed by atoms with Crippen LogP contribution in [0.2, 0.25) is 0 Å². The third-order valence-corrected chi connectivity index (χ3v) is 2.35. The van der Waals surface area contributed by atoms with Gasteiger partial charge in [-0.2, -0.15) is 14.8 Å². The molecule has 3 N–H and O–H groups in total. The second-order valence-corrected chi connectivity index (χ2v) is 5.03. The fraction of sp³-hybridized carbons (Fsp3) is 0.917. The Hall–Kier alpha value is 1.83. The molecule has 5 nitrogen and oxygen atoms in total. The van der Waals surface area contributed by atoms with Crippen LogP contribution in [0.4, 0.5) is 0 Å². The van der Waals surface area contributed by atoms with Crippen LogP contribution in [0.25, 0.3) is 0 Å². The Morgan fingerprint density at radius 2 is 1.05 bits per heavy atom. The van der Waals surface area contributed by atoms with E-state index in [0.717, 1.165) is 6.42 Å². The van der Waals surface area contributed by atoms with Crippen molar-refractivity contribution in [2.45, 2.75) is 71.1 Å². The van der Waals surface area contributed by atoms with E-state index in [-0.39, 0.29) is 64.6 Å². The average Bonchev–Trinajstić information content (AvgIpc) is 2.20. The fourth-order valence-electron chi connectivity index (χ4n) is 1.49. The normalized spacial score (nSPS) is 9.20. The molecular weight excluding hydrogens is 302 g/mol. The van der Waals surface area contributed by atoms with Crippen molar-refractivity contribution in [3.63, 3.8) is 0 Å². The zero-order valence-electron chi connectivity index (χ0n) is 13.3. The van der Waals surface area contributed by atoms with Gasteiger partial charge < -0.3 is 12.4 Å². The van der Waals surface area contributed by atoms with Crippen molar-refractivity contribution in [2.24, 2.45) is 0 Å². The van der Waals surface area contributed by atoms with Gasteiger partial charge in [0.15, 0.2) is 0 Å². The van der Waals surface area contributed by atoms with Gasteiger partial charge in [0, 0.05) is 0 Å². The molecule has 0 rings (SSSR count). The average molecular weight is 330 g/mol. The third kappa shape index (κ3) is 59.9. The van der Waals surface area contributed by atoms with Gasteiger partial charge in [-0.05, 0) is 0 Å². The molecule has 0 fully saturated rings. The molecule has 0 aliphatic carbocycles. The molecule has 0 aromatic carbocycles. The minimum atomic E-state index is -4.67. The second-order valence-electron chi connectivity index (χ2n) is 4.13. The Morgan fingerprint density at radius 1 is 0.800 bits per heavy atom. The van der Waals surface area contributed by atoms with Crippen LogP contribution in [0, 0.1) is 6.92 Å². The molecule has 0 aliphatic rings. The summed E-state index contributed by atoms with van der Waals surface area (Å²) in [6, 6.07) is 0. The van der Waals surface area contributed by atoms with E-state index in [0.29, 0.717) is 0 Å². The van der Waals surface area contributed by atoms with Gasteiger partial charge in [0.2, 0.25) is 0 Å². The Morgan fingerprint density at radius 3 is 1.30 bits per heavy atom. The Balaban J connectivity index is -0.0000000821. The van der Waals surface area contributed by atoms with Crippen LogP contribution < -0.4 is 59.1 Å². The molecule has 0 atom stereocenters. The zero-order chi connectivity index (χ0) is 13.6. The van der Waals surface area contributed by atoms with Gasteiger partial charge in [-0.15, -0.1) is 0 Å². The molecule has 114 valence electrons. The molecule has 0 aliphatic heterocycles. The van der Waals surface area contributed by atoms with Crippen LogP contribution in [0.15, 0.2) is 0 Å². The van der Waals surface area contributed by atoms with Gasteiger partial charge in [-0.3, -0.25) is 9.11 Å². The number of hydrogen-bond donors (Lipinski definition) is 2. The Bertz CT molecular complexity index is 218. The van der Waals surface area contributed by atoms with Crippen molar-refractivity contribution in [1.29, 1.82) is 0 Å². The first-order valence-corrected chi connectivity index (χ1v) is 7.80. The quantitative estimate of drug-likeness (QED) is 0.218. The van der Waals surface area contributed by atoms with Crippen LogP contribution in [-0.2, 0) is 10.4 Å². The summed E-state index contributed by atoms with van der Waals surface area (Å²) in [6.45, 7) is 6.12. The molecule has 0 heterocycles. The Labute approximate surface area is 169 Å². The van der Waals surface area contributed by atoms with Crippen molar-refractivity contribution in [3.05, 3.63) is 6.92 Å². The van der Waals surface area contributed by atoms with E-state index in [1.807, 2.05) is 0 Å². The van der Waals surface area contributed by atoms with Crippen molar-refractivity contribution in [3.8, 4) is 0 Å². The minimum Gasteiger partial charge on any atom is -0.870 e. The predicted molar refractivity (Wildman–Crippen MR) is 73.3 cm³/mol. The van der Waals surface area contributed by atoms with E-state index in [2.05, 4.69) is 13.8 Å². The maximum Gasteiger partial charge on any atom is 1.00 e. The van der Waals surface area contributed by atoms with Gasteiger partial charge in [0.05, 0.1) is 0 Å². The number of hydrogen-bond acceptors (Lipinski definition) is 3. The molecule has 0 saturated carbocycles. The smallest absolute Gasteiger partial charge is 0.870 e. The predicted octanol–water partition coefficient (Wildman–Crippen LogP) is -2.08. The van der Waals surface area contributed by atoms with Crippen molar-refractivity contribution < 1.29 is 82.1 Å². The molecule has 0 saturated heterocycles. The third-order valence-electron chi connectivity index (χ3n) is 2.35. The zero-order valence-corrected chi connectivity index (χ0v) is 18.2. The fourth-order valence-corrected chi connectivity index (χ4v) is 1.49. The van der Waals surface area contributed by atoms with Crippen LogP contribution in [0.3, 0.4) is 0 Å². The number of rotatable bonds is 9. The van der Waals surface area contributed by atoms with E-state index < -0.39 is 10.4 Å². The summed E-state index contributed by atoms with van der Waals surface area (Å²) in [5.74, 6) is 0. The minimum absolute atomic E-state index is 0. The van der Waals surface area contributed by atoms with Gasteiger partial charge in [-0.1, -0.05) is 64.7 Å². The molecule has 0 bridgehead atoms. The Kier molecular flexibility index (Phi) is 43.1.